The van der Waals surface area contributed by atoms with E-state index in [-0.39, 0.29) is 12.2 Å². The van der Waals surface area contributed by atoms with E-state index in [2.05, 4.69) is 5.32 Å². The van der Waals surface area contributed by atoms with Crippen LogP contribution in [0.4, 0.5) is 18.9 Å². The number of hydrogen-bond acceptors (Lipinski definition) is 3. The van der Waals surface area contributed by atoms with Crippen molar-refractivity contribution in [3.05, 3.63) is 29.8 Å². The van der Waals surface area contributed by atoms with Crippen molar-refractivity contribution >= 4 is 17.6 Å². The number of carbonyl (C=O) groups excluding carboxylic acids is 2. The number of alkyl halides is 3. The molecular weight excluding hydrogens is 287 g/mol. The van der Waals surface area contributed by atoms with Gasteiger partial charge in [0.1, 0.15) is 5.41 Å². The molecule has 1 aliphatic carbocycles. The highest BCUT2D eigenvalue weighted by atomic mass is 19.4. The predicted molar refractivity (Wildman–Crippen MR) is 66.4 cm³/mol. The standard InChI is InChI=1S/C14H12F3NO3/c1-2-21-11(19)9-10(14(15,16)17)13(9)7-5-3-4-6-8(7)18-12(13)20/h3-6,9-10H,2H2,1H3,(H,18,20). The average molecular weight is 299 g/mol. The zero-order valence-electron chi connectivity index (χ0n) is 11.0. The number of esters is 1. The molecular formula is C14H12F3NO3. The van der Waals surface area contributed by atoms with Gasteiger partial charge in [-0.25, -0.2) is 0 Å². The van der Waals surface area contributed by atoms with Crippen LogP contribution in [0.2, 0.25) is 0 Å². The Balaban J connectivity index is 2.11. The summed E-state index contributed by atoms with van der Waals surface area (Å²) in [6.07, 6.45) is -4.65. The normalized spacial score (nSPS) is 30.0. The maximum absolute atomic E-state index is 13.3. The van der Waals surface area contributed by atoms with Gasteiger partial charge in [0.25, 0.3) is 0 Å². The van der Waals surface area contributed by atoms with E-state index in [1.54, 1.807) is 12.1 Å². The zero-order chi connectivity index (χ0) is 15.4. The van der Waals surface area contributed by atoms with E-state index in [4.69, 9.17) is 4.74 Å². The lowest BCUT2D eigenvalue weighted by Crippen LogP contribution is -2.28. The molecule has 1 heterocycles. The Morgan fingerprint density at radius 2 is 2.05 bits per heavy atom. The summed E-state index contributed by atoms with van der Waals surface area (Å²) in [6, 6.07) is 6.14. The Morgan fingerprint density at radius 1 is 1.38 bits per heavy atom. The number of halogens is 3. The summed E-state index contributed by atoms with van der Waals surface area (Å²) < 4.78 is 44.5. The predicted octanol–water partition coefficient (Wildman–Crippen LogP) is 2.25. The maximum atomic E-state index is 13.3. The highest BCUT2D eigenvalue weighted by Crippen LogP contribution is 2.69. The molecule has 0 aromatic heterocycles. The van der Waals surface area contributed by atoms with E-state index < -0.39 is 35.3 Å². The molecule has 1 saturated carbocycles. The Labute approximate surface area is 118 Å². The van der Waals surface area contributed by atoms with Crippen LogP contribution in [0.15, 0.2) is 24.3 Å². The highest BCUT2D eigenvalue weighted by Gasteiger charge is 2.84. The summed E-state index contributed by atoms with van der Waals surface area (Å²) in [5.41, 5.74) is -1.33. The van der Waals surface area contributed by atoms with Gasteiger partial charge in [0.05, 0.1) is 18.4 Å². The van der Waals surface area contributed by atoms with Crippen LogP contribution in [0.1, 0.15) is 12.5 Å². The molecule has 112 valence electrons. The molecule has 1 spiro atoms. The molecule has 1 aliphatic heterocycles. The monoisotopic (exact) mass is 299 g/mol. The summed E-state index contributed by atoms with van der Waals surface area (Å²) in [5.74, 6) is -5.32. The molecule has 3 unspecified atom stereocenters. The second-order valence-electron chi connectivity index (χ2n) is 5.12. The van der Waals surface area contributed by atoms with Gasteiger partial charge in [0.15, 0.2) is 0 Å². The molecule has 4 nitrogen and oxygen atoms in total. The molecule has 0 radical (unpaired) electrons. The molecule has 0 saturated heterocycles. The summed E-state index contributed by atoms with van der Waals surface area (Å²) in [7, 11) is 0. The second kappa shape index (κ2) is 4.22. The van der Waals surface area contributed by atoms with E-state index in [0.717, 1.165) is 0 Å². The van der Waals surface area contributed by atoms with Gasteiger partial charge in [0, 0.05) is 5.69 Å². The van der Waals surface area contributed by atoms with Gasteiger partial charge >= 0.3 is 12.1 Å². The highest BCUT2D eigenvalue weighted by molar-refractivity contribution is 6.13. The van der Waals surface area contributed by atoms with E-state index in [1.165, 1.54) is 19.1 Å². The van der Waals surface area contributed by atoms with E-state index in [1.807, 2.05) is 0 Å². The van der Waals surface area contributed by atoms with E-state index >= 15 is 0 Å². The van der Waals surface area contributed by atoms with Crippen LogP contribution in [-0.4, -0.2) is 24.7 Å². The fourth-order valence-corrected chi connectivity index (χ4v) is 3.31. The average Bonchev–Trinajstić information content (AvgIpc) is 3.03. The number of para-hydroxylation sites is 1. The third-order valence-corrected chi connectivity index (χ3v) is 4.10. The number of fused-ring (bicyclic) bond motifs is 2. The van der Waals surface area contributed by atoms with Crippen LogP contribution in [0.3, 0.4) is 0 Å². The Morgan fingerprint density at radius 3 is 2.67 bits per heavy atom. The van der Waals surface area contributed by atoms with Crippen molar-refractivity contribution in [1.29, 1.82) is 0 Å². The largest absolute Gasteiger partial charge is 0.466 e. The van der Waals surface area contributed by atoms with Crippen LogP contribution in [0, 0.1) is 11.8 Å². The quantitative estimate of drug-likeness (QED) is 0.852. The number of benzene rings is 1. The first-order valence-electron chi connectivity index (χ1n) is 6.49. The molecule has 1 amide bonds. The smallest absolute Gasteiger partial charge is 0.394 e. The summed E-state index contributed by atoms with van der Waals surface area (Å²) >= 11 is 0. The Kier molecular flexibility index (Phi) is 2.80. The summed E-state index contributed by atoms with van der Waals surface area (Å²) in [5, 5.41) is 2.43. The van der Waals surface area contributed by atoms with Crippen molar-refractivity contribution in [2.75, 3.05) is 11.9 Å². The van der Waals surface area contributed by atoms with E-state index in [0.29, 0.717) is 5.69 Å². The molecule has 0 bridgehead atoms. The fourth-order valence-electron chi connectivity index (χ4n) is 3.31. The lowest BCUT2D eigenvalue weighted by Gasteiger charge is -2.10. The van der Waals surface area contributed by atoms with Crippen molar-refractivity contribution in [2.24, 2.45) is 11.8 Å². The molecule has 1 aromatic carbocycles. The van der Waals surface area contributed by atoms with Crippen LogP contribution < -0.4 is 5.32 Å². The van der Waals surface area contributed by atoms with Crippen molar-refractivity contribution in [1.82, 2.24) is 0 Å². The molecule has 3 rings (SSSR count). The third-order valence-electron chi connectivity index (χ3n) is 4.10. The first kappa shape index (κ1) is 13.9. The lowest BCUT2D eigenvalue weighted by molar-refractivity contribution is -0.164. The molecule has 2 aliphatic rings. The van der Waals surface area contributed by atoms with Crippen molar-refractivity contribution in [3.8, 4) is 0 Å². The maximum Gasteiger partial charge on any atom is 0.394 e. The number of ether oxygens (including phenoxy) is 1. The van der Waals surface area contributed by atoms with Crippen molar-refractivity contribution < 1.29 is 27.5 Å². The number of anilines is 1. The molecule has 1 N–H and O–H groups in total. The number of carbonyl (C=O) groups is 2. The van der Waals surface area contributed by atoms with Crippen LogP contribution >= 0.6 is 0 Å². The van der Waals surface area contributed by atoms with Gasteiger partial charge in [-0.1, -0.05) is 18.2 Å². The number of nitrogens with one attached hydrogen (secondary N) is 1. The second-order valence-corrected chi connectivity index (χ2v) is 5.12. The topological polar surface area (TPSA) is 55.4 Å². The minimum absolute atomic E-state index is 0.0285. The minimum atomic E-state index is -4.65. The Hall–Kier alpha value is -2.05. The number of rotatable bonds is 2. The SMILES string of the molecule is CCOC(=O)C1C(C(F)(F)F)C12C(=O)Nc1ccccc12. The molecule has 7 heteroatoms. The molecule has 3 atom stereocenters. The van der Waals surface area contributed by atoms with Gasteiger partial charge in [-0.15, -0.1) is 0 Å². The first-order valence-corrected chi connectivity index (χ1v) is 6.49. The number of hydrogen-bond donors (Lipinski definition) is 1. The minimum Gasteiger partial charge on any atom is -0.466 e. The van der Waals surface area contributed by atoms with Crippen LogP contribution in [-0.2, 0) is 19.7 Å². The van der Waals surface area contributed by atoms with Crippen molar-refractivity contribution in [3.63, 3.8) is 0 Å². The van der Waals surface area contributed by atoms with Gasteiger partial charge in [-0.3, -0.25) is 9.59 Å². The molecule has 1 fully saturated rings. The molecule has 21 heavy (non-hydrogen) atoms. The van der Waals surface area contributed by atoms with Crippen molar-refractivity contribution in [2.45, 2.75) is 18.5 Å². The number of amides is 1. The Bertz CT molecular complexity index is 628. The van der Waals surface area contributed by atoms with Gasteiger partial charge in [0.2, 0.25) is 5.91 Å². The van der Waals surface area contributed by atoms with Crippen LogP contribution in [0.5, 0.6) is 0 Å². The van der Waals surface area contributed by atoms with Gasteiger partial charge < -0.3 is 10.1 Å². The lowest BCUT2D eigenvalue weighted by atomic mass is 9.93. The van der Waals surface area contributed by atoms with Crippen LogP contribution in [0.25, 0.3) is 0 Å². The van der Waals surface area contributed by atoms with E-state index in [9.17, 15) is 22.8 Å². The molecule has 1 aromatic rings. The zero-order valence-corrected chi connectivity index (χ0v) is 11.0. The first-order chi connectivity index (χ1) is 9.85. The van der Waals surface area contributed by atoms with Gasteiger partial charge in [-0.2, -0.15) is 13.2 Å². The summed E-state index contributed by atoms with van der Waals surface area (Å²) in [4.78, 5) is 24.0. The third kappa shape index (κ3) is 1.69. The fraction of sp³-hybridized carbons (Fsp3) is 0.429. The summed E-state index contributed by atoms with van der Waals surface area (Å²) in [6.45, 7) is 1.48. The van der Waals surface area contributed by atoms with Gasteiger partial charge in [-0.05, 0) is 18.6 Å².